The van der Waals surface area contributed by atoms with Crippen molar-refractivity contribution in [3.05, 3.63) is 163 Å². The van der Waals surface area contributed by atoms with Gasteiger partial charge in [-0.05, 0) is 53.1 Å². The first kappa shape index (κ1) is 40.7. The van der Waals surface area contributed by atoms with Crippen LogP contribution < -0.4 is 43.8 Å². The van der Waals surface area contributed by atoms with E-state index in [-0.39, 0.29) is 102 Å². The second-order valence-electron chi connectivity index (χ2n) is 21.3. The highest BCUT2D eigenvalue weighted by Gasteiger charge is 2.81. The fourth-order valence-electron chi connectivity index (χ4n) is 17.8. The molecule has 0 amide bonds. The largest absolute Gasteiger partial charge is 1.00 e. The van der Waals surface area contributed by atoms with E-state index in [4.69, 9.17) is 9.47 Å². The molecule has 12 nitrogen and oxygen atoms in total. The summed E-state index contributed by atoms with van der Waals surface area (Å²) >= 11 is 0. The Labute approximate surface area is 398 Å². The van der Waals surface area contributed by atoms with Gasteiger partial charge in [-0.2, -0.15) is 0 Å². The molecule has 334 valence electrons. The third-order valence-corrected chi connectivity index (χ3v) is 19.5. The summed E-state index contributed by atoms with van der Waals surface area (Å²) in [6, 6.07) is 34.7. The molecule has 0 N–H and O–H groups in total. The molecule has 0 radical (unpaired) electrons. The van der Waals surface area contributed by atoms with E-state index in [9.17, 15) is 20.2 Å². The Hall–Kier alpha value is -4.60. The average molecular weight is 1000 g/mol. The van der Waals surface area contributed by atoms with Crippen LogP contribution >= 0.6 is 0 Å². The average Bonchev–Trinajstić information content (AvgIpc) is 3.96. The highest BCUT2D eigenvalue weighted by atomic mass is 79.9. The molecule has 14 heteroatoms. The molecule has 2 spiro atoms. The molecule has 7 fully saturated rings. The molecule has 5 saturated heterocycles. The Balaban J connectivity index is 0.00000212. The van der Waals surface area contributed by atoms with E-state index in [1.165, 1.54) is 33.6 Å². The van der Waals surface area contributed by atoms with Crippen LogP contribution in [0.4, 0.5) is 22.7 Å². The molecule has 0 aromatic heterocycles. The number of piperidine rings is 2. The van der Waals surface area contributed by atoms with Gasteiger partial charge in [-0.1, -0.05) is 42.5 Å². The first-order chi connectivity index (χ1) is 30.7. The van der Waals surface area contributed by atoms with Crippen LogP contribution in [0.1, 0.15) is 47.9 Å². The van der Waals surface area contributed by atoms with Gasteiger partial charge in [0.2, 0.25) is 0 Å². The van der Waals surface area contributed by atoms with Crippen molar-refractivity contribution in [1.82, 2.24) is 0 Å². The summed E-state index contributed by atoms with van der Waals surface area (Å²) in [5.74, 6) is 1.16. The second-order valence-corrected chi connectivity index (χ2v) is 21.3. The fraction of sp³-hybridized carbons (Fsp3) is 0.451. The summed E-state index contributed by atoms with van der Waals surface area (Å²) < 4.78 is 17.0. The van der Waals surface area contributed by atoms with Gasteiger partial charge < -0.3 is 62.2 Å². The molecule has 4 aromatic rings. The monoisotopic (exact) mass is 1000 g/mol. The van der Waals surface area contributed by atoms with Gasteiger partial charge in [-0.15, -0.1) is 0 Å². The van der Waals surface area contributed by atoms with Gasteiger partial charge in [0.25, 0.3) is 11.4 Å². The number of ether oxygens (including phenoxy) is 2. The Morgan fingerprint density at radius 1 is 0.631 bits per heavy atom. The molecule has 2 unspecified atom stereocenters. The SMILES string of the molecule is O=[N+]([O-])c1ccc(C[N+]23CC[C@@]45c6ccccc6N6[C@@H]7OC=C8C[N+]9(Cc%10ccc([N+](=O)[O-])cc%10)CC[C@]%10%11c%12ccccc%12N([C@@H]%12OCC=C(C2)[C@H](C[C@@H]43)[C@@H]%12[C@H]65)[C@H]%10[C@H]7[C@H]8C[C@@H]%119)cc1.[Br-].[Br-]. The number of nitrogens with zero attached hydrogens (tertiary/aromatic N) is 6. The number of hydrogen-bond acceptors (Lipinski definition) is 8. The van der Waals surface area contributed by atoms with E-state index in [2.05, 4.69) is 70.7 Å². The van der Waals surface area contributed by atoms with Crippen molar-refractivity contribution in [2.24, 2.45) is 23.7 Å². The van der Waals surface area contributed by atoms with Gasteiger partial charge in [0.05, 0.1) is 58.7 Å². The van der Waals surface area contributed by atoms with Crippen LogP contribution in [0.2, 0.25) is 0 Å². The standard InChI is InChI=1S/C51H50N6O6.2BrH/c58-54(59)34-13-9-30(10-14-34)25-56-20-18-50-39-6-2-4-8-41(39)53-46(50)44-36(23-42(50)56)32(27-56)17-22-62-48(44)52-40-7-3-1-5-38(40)51-19-21-57(26-31-11-15-35(16-12-31)55(60)61)28-33-29-63-49(53)45(47(51)52)37(33)24-43(51)57;;/h1-17,29,36-37,42-49H,18-28H2;2*1H/q+2;;/p-2/t36-,37-,42-,43-,44+,45+,46-,47-,48+,49+,50+,51+,56?,57?;;/m0../s1. The Morgan fingerprint density at radius 3 is 1.65 bits per heavy atom. The van der Waals surface area contributed by atoms with Crippen LogP contribution in [0.5, 0.6) is 0 Å². The molecule has 9 aliphatic heterocycles. The van der Waals surface area contributed by atoms with Gasteiger partial charge in [-0.25, -0.2) is 0 Å². The van der Waals surface area contributed by atoms with Crippen LogP contribution in [-0.2, 0) is 33.4 Å². The number of non-ortho nitro benzene ring substituents is 2. The molecular formula is C51H50Br2N6O6. The van der Waals surface area contributed by atoms with E-state index < -0.39 is 0 Å². The molecule has 14 atom stereocenters. The number of anilines is 2. The van der Waals surface area contributed by atoms with Gasteiger partial charge in [0, 0.05) is 102 Å². The van der Waals surface area contributed by atoms with Crippen molar-refractivity contribution in [2.45, 2.75) is 86.2 Å². The number of rotatable bonds is 6. The zero-order chi connectivity index (χ0) is 41.8. The molecule has 11 aliphatic rings. The zero-order valence-electron chi connectivity index (χ0n) is 35.8. The summed E-state index contributed by atoms with van der Waals surface area (Å²) in [7, 11) is 0. The highest BCUT2D eigenvalue weighted by Crippen LogP contribution is 2.73. The quantitative estimate of drug-likeness (QED) is 0.124. The predicted octanol–water partition coefficient (Wildman–Crippen LogP) is 1.48. The van der Waals surface area contributed by atoms with Crippen molar-refractivity contribution < 1.29 is 62.2 Å². The number of halogens is 2. The minimum atomic E-state index is -0.295. The molecule has 65 heavy (non-hydrogen) atoms. The minimum Gasteiger partial charge on any atom is -1.00 e. The Morgan fingerprint density at radius 2 is 1.11 bits per heavy atom. The number of nitro groups is 2. The molecule has 2 saturated carbocycles. The maximum absolute atomic E-state index is 11.7. The lowest BCUT2D eigenvalue weighted by molar-refractivity contribution is -0.955. The summed E-state index contributed by atoms with van der Waals surface area (Å²) in [4.78, 5) is 28.5. The van der Waals surface area contributed by atoms with Gasteiger partial charge in [-0.3, -0.25) is 20.2 Å². The van der Waals surface area contributed by atoms with Crippen LogP contribution in [0, 0.1) is 43.9 Å². The summed E-state index contributed by atoms with van der Waals surface area (Å²) in [6.45, 7) is 6.35. The normalized spacial score (nSPS) is 40.3. The Kier molecular flexibility index (Phi) is 8.46. The summed E-state index contributed by atoms with van der Waals surface area (Å²) in [5.41, 5.74) is 11.1. The van der Waals surface area contributed by atoms with Crippen LogP contribution in [0.15, 0.2) is 121 Å². The first-order valence-corrected chi connectivity index (χ1v) is 23.3. The first-order valence-electron chi connectivity index (χ1n) is 23.3. The number of nitro benzene ring substituents is 2. The van der Waals surface area contributed by atoms with Crippen molar-refractivity contribution >= 4 is 22.7 Å². The van der Waals surface area contributed by atoms with Crippen molar-refractivity contribution in [2.75, 3.05) is 42.6 Å². The lowest BCUT2D eigenvalue weighted by atomic mass is 9.52. The van der Waals surface area contributed by atoms with E-state index in [1.807, 2.05) is 24.3 Å². The third kappa shape index (κ3) is 4.78. The zero-order valence-corrected chi connectivity index (χ0v) is 39.0. The number of quaternary nitrogens is 2. The number of para-hydroxylation sites is 2. The third-order valence-electron chi connectivity index (χ3n) is 19.5. The minimum absolute atomic E-state index is 0. The second kappa shape index (κ2) is 13.5. The van der Waals surface area contributed by atoms with E-state index in [0.717, 1.165) is 79.5 Å². The lowest BCUT2D eigenvalue weighted by Crippen LogP contribution is -3.00. The number of fused-ring (bicyclic) bond motifs is 6. The summed E-state index contributed by atoms with van der Waals surface area (Å²) in [6.07, 6.45) is 8.82. The molecule has 15 rings (SSSR count). The van der Waals surface area contributed by atoms with Crippen molar-refractivity contribution in [3.8, 4) is 0 Å². The molecule has 4 aromatic carbocycles. The van der Waals surface area contributed by atoms with E-state index >= 15 is 0 Å². The van der Waals surface area contributed by atoms with Crippen LogP contribution in [-0.4, -0.2) is 88.2 Å². The van der Waals surface area contributed by atoms with Gasteiger partial charge in [0.1, 0.15) is 44.5 Å². The molecular weight excluding hydrogens is 952 g/mol. The van der Waals surface area contributed by atoms with E-state index in [1.54, 1.807) is 29.8 Å². The molecule has 9 heterocycles. The topological polar surface area (TPSA) is 111 Å². The smallest absolute Gasteiger partial charge is 0.269 e. The van der Waals surface area contributed by atoms with Crippen molar-refractivity contribution in [3.63, 3.8) is 0 Å². The predicted molar refractivity (Wildman–Crippen MR) is 233 cm³/mol. The molecule has 4 bridgehead atoms. The number of benzene rings is 4. The lowest BCUT2D eigenvalue weighted by Gasteiger charge is -2.66. The maximum Gasteiger partial charge on any atom is 0.269 e. The molecule has 2 aliphatic carbocycles. The summed E-state index contributed by atoms with van der Waals surface area (Å²) in [5, 5.41) is 23.4. The van der Waals surface area contributed by atoms with Crippen molar-refractivity contribution in [1.29, 1.82) is 0 Å². The Bertz CT molecular complexity index is 2790. The van der Waals surface area contributed by atoms with Gasteiger partial charge >= 0.3 is 0 Å². The van der Waals surface area contributed by atoms with E-state index in [0.29, 0.717) is 30.5 Å². The maximum atomic E-state index is 11.7. The highest BCUT2D eigenvalue weighted by molar-refractivity contribution is 5.72. The van der Waals surface area contributed by atoms with Crippen LogP contribution in [0.25, 0.3) is 0 Å². The van der Waals surface area contributed by atoms with Crippen LogP contribution in [0.3, 0.4) is 0 Å². The van der Waals surface area contributed by atoms with Gasteiger partial charge in [0.15, 0.2) is 6.23 Å². The fourth-order valence-corrected chi connectivity index (χ4v) is 17.8. The number of hydrogen-bond donors (Lipinski definition) is 0.